The predicted molar refractivity (Wildman–Crippen MR) is 101 cm³/mol. The quantitative estimate of drug-likeness (QED) is 0.794. The van der Waals surface area contributed by atoms with Crippen molar-refractivity contribution in [1.82, 2.24) is 5.32 Å². The van der Waals surface area contributed by atoms with Gasteiger partial charge in [0.25, 0.3) is 5.91 Å². The molecule has 3 rings (SSSR count). The number of nitrogens with one attached hydrogen (secondary N) is 1. The highest BCUT2D eigenvalue weighted by molar-refractivity contribution is 6.32. The van der Waals surface area contributed by atoms with Gasteiger partial charge in [-0.15, -0.1) is 12.4 Å². The normalized spacial score (nSPS) is 12.2. The number of hydrogen-bond acceptors (Lipinski definition) is 4. The summed E-state index contributed by atoms with van der Waals surface area (Å²) in [5, 5.41) is 3.43. The molecule has 0 atom stereocenters. The molecule has 0 aliphatic carbocycles. The van der Waals surface area contributed by atoms with Gasteiger partial charge in [0, 0.05) is 17.8 Å². The molecule has 0 fully saturated rings. The highest BCUT2D eigenvalue weighted by atomic mass is 35.5. The van der Waals surface area contributed by atoms with Crippen LogP contribution in [0.25, 0.3) is 0 Å². The Kier molecular flexibility index (Phi) is 6.39. The third-order valence-electron chi connectivity index (χ3n) is 3.86. The highest BCUT2D eigenvalue weighted by Crippen LogP contribution is 2.38. The molecule has 2 aromatic rings. The molecule has 0 bridgehead atoms. The fraction of sp³-hybridized carbons (Fsp3) is 0.278. The fourth-order valence-corrected chi connectivity index (χ4v) is 2.90. The molecule has 5 nitrogen and oxygen atoms in total. The molecule has 1 aliphatic rings. The van der Waals surface area contributed by atoms with Gasteiger partial charge in [-0.25, -0.2) is 0 Å². The Morgan fingerprint density at radius 2 is 2.00 bits per heavy atom. The van der Waals surface area contributed by atoms with Gasteiger partial charge in [0.1, 0.15) is 13.2 Å². The van der Waals surface area contributed by atoms with Gasteiger partial charge >= 0.3 is 0 Å². The van der Waals surface area contributed by atoms with Crippen LogP contribution in [0.15, 0.2) is 30.3 Å². The minimum Gasteiger partial charge on any atom is -0.486 e. The van der Waals surface area contributed by atoms with Crippen molar-refractivity contribution in [2.24, 2.45) is 0 Å². The molecule has 0 spiro atoms. The van der Waals surface area contributed by atoms with Crippen molar-refractivity contribution >= 4 is 35.6 Å². The number of amides is 1. The molecule has 0 radical (unpaired) electrons. The summed E-state index contributed by atoms with van der Waals surface area (Å²) in [5.41, 5.74) is 8.79. The Hall–Kier alpha value is -2.11. The Balaban J connectivity index is 0.00000225. The van der Waals surface area contributed by atoms with Crippen LogP contribution >= 0.6 is 24.0 Å². The highest BCUT2D eigenvalue weighted by Gasteiger charge is 2.16. The van der Waals surface area contributed by atoms with Crippen LogP contribution < -0.4 is 20.5 Å². The van der Waals surface area contributed by atoms with Gasteiger partial charge in [0.05, 0.1) is 5.02 Å². The number of nitrogens with two attached hydrogens (primary N) is 1. The van der Waals surface area contributed by atoms with Crippen LogP contribution in [0.2, 0.25) is 5.02 Å². The van der Waals surface area contributed by atoms with E-state index in [9.17, 15) is 4.79 Å². The Bertz CT molecular complexity index is 781. The van der Waals surface area contributed by atoms with Crippen LogP contribution in [-0.2, 0) is 6.42 Å². The molecule has 2 aromatic carbocycles. The van der Waals surface area contributed by atoms with Gasteiger partial charge < -0.3 is 20.5 Å². The summed E-state index contributed by atoms with van der Waals surface area (Å²) in [4.78, 5) is 12.3. The van der Waals surface area contributed by atoms with E-state index in [1.54, 1.807) is 12.1 Å². The molecule has 0 saturated heterocycles. The Morgan fingerprint density at radius 3 is 2.80 bits per heavy atom. The number of anilines is 1. The van der Waals surface area contributed by atoms with Crippen LogP contribution in [0.5, 0.6) is 11.5 Å². The molecule has 3 N–H and O–H groups in total. The smallest absolute Gasteiger partial charge is 0.251 e. The maximum atomic E-state index is 12.3. The fourth-order valence-electron chi connectivity index (χ4n) is 2.61. The predicted octanol–water partition coefficient (Wildman–Crippen LogP) is 3.40. The summed E-state index contributed by atoms with van der Waals surface area (Å²) in [6.07, 6.45) is 0.642. The second kappa shape index (κ2) is 8.32. The van der Waals surface area contributed by atoms with Gasteiger partial charge in [0.15, 0.2) is 11.5 Å². The second-order valence-electron chi connectivity index (χ2n) is 5.68. The van der Waals surface area contributed by atoms with E-state index in [-0.39, 0.29) is 18.3 Å². The van der Waals surface area contributed by atoms with Crippen LogP contribution in [0.3, 0.4) is 0 Å². The van der Waals surface area contributed by atoms with E-state index < -0.39 is 0 Å². The number of carbonyl (C=O) groups excluding carboxylic acids is 1. The van der Waals surface area contributed by atoms with E-state index in [1.807, 2.05) is 25.1 Å². The lowest BCUT2D eigenvalue weighted by molar-refractivity contribution is 0.0953. The van der Waals surface area contributed by atoms with Gasteiger partial charge in [-0.05, 0) is 48.7 Å². The average Bonchev–Trinajstić information content (AvgIpc) is 2.57. The first-order valence-electron chi connectivity index (χ1n) is 7.77. The van der Waals surface area contributed by atoms with Crippen molar-refractivity contribution in [3.8, 4) is 11.5 Å². The zero-order valence-electron chi connectivity index (χ0n) is 13.8. The molecular formula is C18H20Cl2N2O3. The SMILES string of the molecule is Cc1ccc(N)cc1C(=O)NCCc1cc(Cl)c2c(c1)OCCO2.Cl. The van der Waals surface area contributed by atoms with Crippen LogP contribution in [-0.4, -0.2) is 25.7 Å². The Labute approximate surface area is 157 Å². The van der Waals surface area contributed by atoms with Gasteiger partial charge in [-0.2, -0.15) is 0 Å². The molecule has 0 aromatic heterocycles. The lowest BCUT2D eigenvalue weighted by Crippen LogP contribution is -2.26. The third kappa shape index (κ3) is 4.50. The van der Waals surface area contributed by atoms with Crippen molar-refractivity contribution in [2.75, 3.05) is 25.5 Å². The molecule has 1 heterocycles. The molecule has 7 heteroatoms. The average molecular weight is 383 g/mol. The molecule has 0 unspecified atom stereocenters. The number of hydrogen-bond donors (Lipinski definition) is 2. The first kappa shape index (κ1) is 19.2. The summed E-state index contributed by atoms with van der Waals surface area (Å²) in [6.45, 7) is 3.39. The summed E-state index contributed by atoms with van der Waals surface area (Å²) in [5.74, 6) is 1.11. The Morgan fingerprint density at radius 1 is 1.24 bits per heavy atom. The second-order valence-corrected chi connectivity index (χ2v) is 6.09. The maximum Gasteiger partial charge on any atom is 0.251 e. The zero-order valence-corrected chi connectivity index (χ0v) is 15.4. The van der Waals surface area contributed by atoms with Crippen molar-refractivity contribution < 1.29 is 14.3 Å². The third-order valence-corrected chi connectivity index (χ3v) is 4.14. The number of ether oxygens (including phenoxy) is 2. The van der Waals surface area contributed by atoms with E-state index in [4.69, 9.17) is 26.8 Å². The number of benzene rings is 2. The zero-order chi connectivity index (χ0) is 17.1. The summed E-state index contributed by atoms with van der Waals surface area (Å²) >= 11 is 6.22. The standard InChI is InChI=1S/C18H19ClN2O3.ClH/c1-11-2-3-13(20)10-14(11)18(22)21-5-4-12-8-15(19)17-16(9-12)23-6-7-24-17;/h2-3,8-10H,4-7,20H2,1H3,(H,21,22);1H. The monoisotopic (exact) mass is 382 g/mol. The summed E-state index contributed by atoms with van der Waals surface area (Å²) < 4.78 is 11.1. The minimum absolute atomic E-state index is 0. The largest absolute Gasteiger partial charge is 0.486 e. The molecular weight excluding hydrogens is 363 g/mol. The number of rotatable bonds is 4. The molecule has 0 saturated carbocycles. The first-order chi connectivity index (χ1) is 11.5. The van der Waals surface area contributed by atoms with Crippen molar-refractivity contribution in [3.63, 3.8) is 0 Å². The molecule has 1 aliphatic heterocycles. The molecule has 134 valence electrons. The molecule has 25 heavy (non-hydrogen) atoms. The van der Waals surface area contributed by atoms with Gasteiger partial charge in [-0.1, -0.05) is 17.7 Å². The first-order valence-corrected chi connectivity index (χ1v) is 8.15. The lowest BCUT2D eigenvalue weighted by atomic mass is 10.1. The van der Waals surface area contributed by atoms with Crippen molar-refractivity contribution in [3.05, 3.63) is 52.0 Å². The van der Waals surface area contributed by atoms with Crippen LogP contribution in [0.1, 0.15) is 21.5 Å². The number of halogens is 2. The van der Waals surface area contributed by atoms with Gasteiger partial charge in [0.2, 0.25) is 0 Å². The number of aryl methyl sites for hydroxylation is 1. The van der Waals surface area contributed by atoms with E-state index in [1.165, 1.54) is 0 Å². The lowest BCUT2D eigenvalue weighted by Gasteiger charge is -2.20. The van der Waals surface area contributed by atoms with E-state index in [0.717, 1.165) is 11.1 Å². The van der Waals surface area contributed by atoms with Crippen LogP contribution in [0.4, 0.5) is 5.69 Å². The van der Waals surface area contributed by atoms with Crippen molar-refractivity contribution in [1.29, 1.82) is 0 Å². The van der Waals surface area contributed by atoms with E-state index in [0.29, 0.717) is 54.0 Å². The number of nitrogen functional groups attached to an aromatic ring is 1. The topological polar surface area (TPSA) is 73.6 Å². The molecule has 1 amide bonds. The summed E-state index contributed by atoms with van der Waals surface area (Å²) in [6, 6.07) is 9.05. The number of fused-ring (bicyclic) bond motifs is 1. The van der Waals surface area contributed by atoms with Crippen molar-refractivity contribution in [2.45, 2.75) is 13.3 Å². The van der Waals surface area contributed by atoms with Crippen LogP contribution in [0, 0.1) is 6.92 Å². The van der Waals surface area contributed by atoms with Gasteiger partial charge in [-0.3, -0.25) is 4.79 Å². The maximum absolute atomic E-state index is 12.3. The minimum atomic E-state index is -0.136. The van der Waals surface area contributed by atoms with E-state index in [2.05, 4.69) is 5.32 Å². The van der Waals surface area contributed by atoms with E-state index >= 15 is 0 Å². The number of carbonyl (C=O) groups is 1. The summed E-state index contributed by atoms with van der Waals surface area (Å²) in [7, 11) is 0.